The first-order valence-corrected chi connectivity index (χ1v) is 17.1. The minimum atomic E-state index is -0.373. The van der Waals surface area contributed by atoms with Gasteiger partial charge in [-0.2, -0.15) is 5.48 Å². The number of hydroxylamine groups is 1. The number of carbonyl (C=O) groups is 1. The second-order valence-corrected chi connectivity index (χ2v) is 12.4. The highest BCUT2D eigenvalue weighted by Gasteiger charge is 2.09. The Bertz CT molecular complexity index is 2170. The Morgan fingerprint density at radius 3 is 2.14 bits per heavy atom. The third kappa shape index (κ3) is 7.78. The van der Waals surface area contributed by atoms with Gasteiger partial charge in [-0.3, -0.25) is 0 Å². The largest absolute Gasteiger partial charge is 0.367 e. The second kappa shape index (κ2) is 15.1. The quantitative estimate of drug-likeness (QED) is 0.0711. The Balaban J connectivity index is 0.958. The molecule has 5 aromatic carbocycles. The highest BCUT2D eigenvalue weighted by Crippen LogP contribution is 2.31. The number of benzene rings is 5. The lowest BCUT2D eigenvalue weighted by molar-refractivity contribution is -0.368. The van der Waals surface area contributed by atoms with E-state index in [1.165, 1.54) is 33.0 Å². The van der Waals surface area contributed by atoms with Crippen LogP contribution in [0.1, 0.15) is 47.7 Å². The summed E-state index contributed by atoms with van der Waals surface area (Å²) in [5, 5.41) is 2.42. The zero-order chi connectivity index (χ0) is 33.4. The van der Waals surface area contributed by atoms with E-state index in [9.17, 15) is 4.79 Å². The van der Waals surface area contributed by atoms with Crippen LogP contribution in [0.3, 0.4) is 0 Å². The fourth-order valence-electron chi connectivity index (χ4n) is 6.15. The fourth-order valence-corrected chi connectivity index (χ4v) is 6.15. The van der Waals surface area contributed by atoms with Crippen LogP contribution in [0.2, 0.25) is 0 Å². The van der Waals surface area contributed by atoms with Crippen LogP contribution < -0.4 is 11.2 Å². The van der Waals surface area contributed by atoms with Crippen molar-refractivity contribution in [3.05, 3.63) is 133 Å². The zero-order valence-electron chi connectivity index (χ0n) is 27.5. The molecule has 246 valence electrons. The summed E-state index contributed by atoms with van der Waals surface area (Å²) in [5.41, 5.74) is 16.1. The molecule has 2 aromatic heterocycles. The number of aryl methyl sites for hydroxylation is 2. The van der Waals surface area contributed by atoms with E-state index in [1.54, 1.807) is 12.1 Å². The number of hydrogen-bond donors (Lipinski definition) is 4. The Morgan fingerprint density at radius 1 is 0.673 bits per heavy atom. The molecule has 49 heavy (non-hydrogen) atoms. The number of rotatable bonds is 14. The Hall–Kier alpha value is -5.57. The van der Waals surface area contributed by atoms with E-state index in [1.807, 2.05) is 24.4 Å². The molecule has 0 bridgehead atoms. The molecule has 0 saturated carbocycles. The van der Waals surface area contributed by atoms with Gasteiger partial charge in [-0.15, -0.1) is 0 Å². The maximum atomic E-state index is 12.0. The summed E-state index contributed by atoms with van der Waals surface area (Å²) >= 11 is 0. The van der Waals surface area contributed by atoms with Crippen molar-refractivity contribution in [1.82, 2.24) is 25.4 Å². The summed E-state index contributed by atoms with van der Waals surface area (Å²) in [7, 11) is 0. The molecule has 8 nitrogen and oxygen atoms in total. The Morgan fingerprint density at radius 2 is 1.35 bits per heavy atom. The predicted molar refractivity (Wildman–Crippen MR) is 196 cm³/mol. The van der Waals surface area contributed by atoms with Crippen molar-refractivity contribution in [3.63, 3.8) is 0 Å². The number of unbranched alkanes of at least 4 members (excludes halogenated alkanes) is 2. The number of imidazole rings is 2. The summed E-state index contributed by atoms with van der Waals surface area (Å²) in [6, 6.07) is 37.4. The molecular weight excluding hydrogens is 608 g/mol. The first-order chi connectivity index (χ1) is 24.1. The Kier molecular flexibility index (Phi) is 9.87. The number of hydrogen-bond acceptors (Lipinski definition) is 5. The van der Waals surface area contributed by atoms with Crippen LogP contribution in [0, 0.1) is 0 Å². The summed E-state index contributed by atoms with van der Waals surface area (Å²) in [5.74, 6) is 1.62. The van der Waals surface area contributed by atoms with Crippen LogP contribution in [0.25, 0.3) is 55.3 Å². The van der Waals surface area contributed by atoms with E-state index >= 15 is 0 Å². The van der Waals surface area contributed by atoms with Crippen LogP contribution in [-0.4, -0.2) is 39.0 Å². The van der Waals surface area contributed by atoms with E-state index in [2.05, 4.69) is 105 Å². The molecule has 7 aromatic rings. The van der Waals surface area contributed by atoms with Crippen molar-refractivity contribution < 1.29 is 15.4 Å². The number of quaternary nitrogens is 1. The number of nitrogens with one attached hydrogen (secondary N) is 3. The standard InChI is InChI=1S/C41H40N6O2/c42-22-6-4-11-40-45-36-21-20-34(26-37(36)46-40)33-19-15-29-14-18-32(24-35(29)25-33)28-12-16-30(17-13-28)38-27-43-39(47-38)10-5-7-23-44-49-41(48)31-8-2-1-3-9-31/h1-3,8-9,12-21,24-27,44H,4-7,10-11,22-23,42H2,(H,43,47)(H,45,46)/p+1. The molecule has 0 atom stereocenters. The van der Waals surface area contributed by atoms with Gasteiger partial charge in [0.05, 0.1) is 35.0 Å². The molecule has 6 N–H and O–H groups in total. The molecular formula is C41H41N6O2+. The van der Waals surface area contributed by atoms with Crippen molar-refractivity contribution in [2.45, 2.75) is 38.5 Å². The van der Waals surface area contributed by atoms with Crippen molar-refractivity contribution in [2.75, 3.05) is 13.1 Å². The summed E-state index contributed by atoms with van der Waals surface area (Å²) < 4.78 is 0. The molecule has 0 aliphatic heterocycles. The van der Waals surface area contributed by atoms with Crippen molar-refractivity contribution in [2.24, 2.45) is 0 Å². The summed E-state index contributed by atoms with van der Waals surface area (Å²) in [6.45, 7) is 1.55. The monoisotopic (exact) mass is 649 g/mol. The van der Waals surface area contributed by atoms with Gasteiger partial charge in [-0.25, -0.2) is 14.8 Å². The van der Waals surface area contributed by atoms with Crippen molar-refractivity contribution in [1.29, 1.82) is 0 Å². The van der Waals surface area contributed by atoms with Gasteiger partial charge in [0, 0.05) is 19.4 Å². The smallest absolute Gasteiger partial charge is 0.356 e. The molecule has 0 spiro atoms. The number of H-pyrrole nitrogens is 2. The number of fused-ring (bicyclic) bond motifs is 2. The van der Waals surface area contributed by atoms with Crippen molar-refractivity contribution in [3.8, 4) is 33.5 Å². The van der Waals surface area contributed by atoms with Gasteiger partial charge in [0.25, 0.3) is 0 Å². The van der Waals surface area contributed by atoms with Crippen LogP contribution in [0.4, 0.5) is 0 Å². The van der Waals surface area contributed by atoms with E-state index in [0.717, 1.165) is 79.0 Å². The lowest BCUT2D eigenvalue weighted by Gasteiger charge is -2.08. The summed E-state index contributed by atoms with van der Waals surface area (Å²) in [6.07, 6.45) is 7.68. The molecule has 0 fully saturated rings. The lowest BCUT2D eigenvalue weighted by atomic mass is 9.97. The van der Waals surface area contributed by atoms with E-state index < -0.39 is 0 Å². The minimum absolute atomic E-state index is 0.373. The molecule has 0 unspecified atom stereocenters. The highest BCUT2D eigenvalue weighted by atomic mass is 16.7. The first-order valence-electron chi connectivity index (χ1n) is 17.1. The molecule has 8 heteroatoms. The SMILES string of the molecule is [NH3+]CCCCc1nc2ccc(-c3ccc4ccc(-c5ccc(-c6cnc(CCCCNOC(=O)c7ccccc7)[nH]6)cc5)cc4c3)cc2[nH]1. The topological polar surface area (TPSA) is 123 Å². The average Bonchev–Trinajstić information content (AvgIpc) is 3.80. The van der Waals surface area contributed by atoms with Gasteiger partial charge in [0.1, 0.15) is 11.6 Å². The van der Waals surface area contributed by atoms with Gasteiger partial charge >= 0.3 is 5.97 Å². The van der Waals surface area contributed by atoms with Gasteiger partial charge in [0.15, 0.2) is 0 Å². The molecule has 0 radical (unpaired) electrons. The average molecular weight is 650 g/mol. The third-order valence-corrected chi connectivity index (χ3v) is 8.89. The molecule has 0 saturated heterocycles. The molecule has 0 aliphatic rings. The molecule has 7 rings (SSSR count). The second-order valence-electron chi connectivity index (χ2n) is 12.4. The van der Waals surface area contributed by atoms with Gasteiger partial charge < -0.3 is 20.5 Å². The van der Waals surface area contributed by atoms with Gasteiger partial charge in [-0.05, 0) is 101 Å². The minimum Gasteiger partial charge on any atom is -0.367 e. The predicted octanol–water partition coefficient (Wildman–Crippen LogP) is 7.69. The number of aromatic nitrogens is 4. The van der Waals surface area contributed by atoms with Gasteiger partial charge in [0.2, 0.25) is 0 Å². The van der Waals surface area contributed by atoms with Crippen molar-refractivity contribution >= 4 is 27.8 Å². The zero-order valence-corrected chi connectivity index (χ0v) is 27.5. The fraction of sp³-hybridized carbons (Fsp3) is 0.195. The third-order valence-electron chi connectivity index (χ3n) is 8.89. The first kappa shape index (κ1) is 32.0. The van der Waals surface area contributed by atoms with E-state index in [4.69, 9.17) is 9.82 Å². The number of nitrogens with zero attached hydrogens (tertiary/aromatic N) is 2. The molecule has 0 amide bonds. The summed E-state index contributed by atoms with van der Waals surface area (Å²) in [4.78, 5) is 33.5. The molecule has 2 heterocycles. The molecule has 0 aliphatic carbocycles. The lowest BCUT2D eigenvalue weighted by Crippen LogP contribution is -2.50. The maximum absolute atomic E-state index is 12.0. The van der Waals surface area contributed by atoms with Crippen LogP contribution in [0.15, 0.2) is 115 Å². The van der Waals surface area contributed by atoms with Gasteiger partial charge in [-0.1, -0.05) is 72.8 Å². The van der Waals surface area contributed by atoms with Crippen LogP contribution in [0.5, 0.6) is 0 Å². The number of carbonyl (C=O) groups excluding carboxylic acids is 1. The highest BCUT2D eigenvalue weighted by molar-refractivity contribution is 5.92. The number of aromatic amines is 2. The van der Waals surface area contributed by atoms with E-state index in [-0.39, 0.29) is 5.97 Å². The normalized spacial score (nSPS) is 11.4. The van der Waals surface area contributed by atoms with Crippen LogP contribution in [-0.2, 0) is 17.7 Å². The van der Waals surface area contributed by atoms with E-state index in [0.29, 0.717) is 12.1 Å². The maximum Gasteiger partial charge on any atom is 0.356 e. The Labute approximate surface area is 285 Å². The van der Waals surface area contributed by atoms with Crippen LogP contribution >= 0.6 is 0 Å².